The number of halogens is 3. The third-order valence-corrected chi connectivity index (χ3v) is 3.42. The van der Waals surface area contributed by atoms with Crippen molar-refractivity contribution in [3.63, 3.8) is 0 Å². The molecule has 11 heteroatoms. The Hall–Kier alpha value is -3.34. The summed E-state index contributed by atoms with van der Waals surface area (Å²) in [5.41, 5.74) is 1.10. The number of fused-ring (bicyclic) bond motifs is 1. The van der Waals surface area contributed by atoms with Gasteiger partial charge in [0.2, 0.25) is 0 Å². The minimum absolute atomic E-state index is 0.108. The van der Waals surface area contributed by atoms with E-state index in [2.05, 4.69) is 30.3 Å². The molecule has 0 spiro atoms. The molecule has 1 aromatic carbocycles. The van der Waals surface area contributed by atoms with Crippen LogP contribution in [0.4, 0.5) is 24.7 Å². The molecular weight excluding hydrogens is 367 g/mol. The fraction of sp³-hybridized carbons (Fsp3) is 0.188. The molecule has 3 rings (SSSR count). The van der Waals surface area contributed by atoms with E-state index in [4.69, 9.17) is 5.11 Å². The average molecular weight is 381 g/mol. The van der Waals surface area contributed by atoms with Gasteiger partial charge in [0, 0.05) is 12.2 Å². The molecule has 0 aliphatic heterocycles. The van der Waals surface area contributed by atoms with E-state index in [1.165, 1.54) is 36.7 Å². The summed E-state index contributed by atoms with van der Waals surface area (Å²) in [4.78, 5) is 22.9. The average Bonchev–Trinajstić information content (AvgIpc) is 3.05. The standard InChI is InChI=1S/C16H14F3N5O3/c17-16(18,19)27-10-3-1-9(2-4-10)23-13-11-7-12(15(26)20-5-6-25)24-14(11)22-8-21-13/h1-4,7-8,25H,5-6H2,(H,20,26)(H2,21,22,23,24). The van der Waals surface area contributed by atoms with E-state index in [1.54, 1.807) is 0 Å². The molecule has 0 saturated carbocycles. The van der Waals surface area contributed by atoms with Crippen molar-refractivity contribution in [1.82, 2.24) is 20.3 Å². The smallest absolute Gasteiger partial charge is 0.406 e. The van der Waals surface area contributed by atoms with Crippen LogP contribution >= 0.6 is 0 Å². The van der Waals surface area contributed by atoms with Gasteiger partial charge in [0.25, 0.3) is 5.91 Å². The number of alkyl halides is 3. The molecule has 3 aromatic rings. The zero-order valence-corrected chi connectivity index (χ0v) is 13.7. The molecule has 0 unspecified atom stereocenters. The SMILES string of the molecule is O=C(NCCO)c1cc2c(Nc3ccc(OC(F)(F)F)cc3)ncnc2[nH]1. The number of hydrogen-bond acceptors (Lipinski definition) is 6. The Balaban J connectivity index is 1.80. The van der Waals surface area contributed by atoms with E-state index < -0.39 is 12.3 Å². The van der Waals surface area contributed by atoms with Crippen molar-refractivity contribution < 1.29 is 27.8 Å². The van der Waals surface area contributed by atoms with Gasteiger partial charge >= 0.3 is 6.36 Å². The molecule has 27 heavy (non-hydrogen) atoms. The molecule has 2 heterocycles. The first-order valence-corrected chi connectivity index (χ1v) is 7.71. The van der Waals surface area contributed by atoms with E-state index in [0.29, 0.717) is 22.5 Å². The molecule has 2 aromatic heterocycles. The Labute approximate surface area is 150 Å². The number of carbonyl (C=O) groups is 1. The molecule has 0 atom stereocenters. The molecule has 0 radical (unpaired) electrons. The lowest BCUT2D eigenvalue weighted by Crippen LogP contribution is -2.26. The van der Waals surface area contributed by atoms with Crippen LogP contribution in [0.1, 0.15) is 10.5 Å². The number of aromatic nitrogens is 3. The number of rotatable bonds is 6. The third kappa shape index (κ3) is 4.64. The molecule has 0 aliphatic rings. The zero-order valence-electron chi connectivity index (χ0n) is 13.7. The topological polar surface area (TPSA) is 112 Å². The number of amides is 1. The van der Waals surface area contributed by atoms with Crippen LogP contribution in [0.3, 0.4) is 0 Å². The van der Waals surface area contributed by atoms with Gasteiger partial charge in [-0.15, -0.1) is 13.2 Å². The van der Waals surface area contributed by atoms with Crippen LogP contribution in [0.5, 0.6) is 5.75 Å². The first kappa shape index (κ1) is 18.5. The van der Waals surface area contributed by atoms with Crippen LogP contribution in [0.2, 0.25) is 0 Å². The number of benzene rings is 1. The second-order valence-electron chi connectivity index (χ2n) is 5.34. The number of hydrogen-bond donors (Lipinski definition) is 4. The molecule has 8 nitrogen and oxygen atoms in total. The zero-order chi connectivity index (χ0) is 19.4. The summed E-state index contributed by atoms with van der Waals surface area (Å²) < 4.78 is 40.4. The lowest BCUT2D eigenvalue weighted by atomic mass is 10.3. The summed E-state index contributed by atoms with van der Waals surface area (Å²) in [6.45, 7) is -0.0794. The minimum atomic E-state index is -4.76. The van der Waals surface area contributed by atoms with Crippen molar-refractivity contribution in [2.45, 2.75) is 6.36 Å². The van der Waals surface area contributed by atoms with Crippen molar-refractivity contribution in [3.8, 4) is 5.75 Å². The molecule has 0 saturated heterocycles. The summed E-state index contributed by atoms with van der Waals surface area (Å²) in [5.74, 6) is -0.394. The summed E-state index contributed by atoms with van der Waals surface area (Å²) >= 11 is 0. The highest BCUT2D eigenvalue weighted by molar-refractivity contribution is 6.00. The fourth-order valence-corrected chi connectivity index (χ4v) is 2.30. The Kier molecular flexibility index (Phi) is 5.12. The second kappa shape index (κ2) is 7.50. The predicted molar refractivity (Wildman–Crippen MR) is 89.7 cm³/mol. The van der Waals surface area contributed by atoms with Crippen molar-refractivity contribution >= 4 is 28.4 Å². The first-order valence-electron chi connectivity index (χ1n) is 7.71. The van der Waals surface area contributed by atoms with Crippen LogP contribution in [-0.4, -0.2) is 45.5 Å². The quantitative estimate of drug-likeness (QED) is 0.521. The van der Waals surface area contributed by atoms with Gasteiger partial charge in [-0.1, -0.05) is 0 Å². The number of ether oxygens (including phenoxy) is 1. The summed E-state index contributed by atoms with van der Waals surface area (Å²) in [6, 6.07) is 6.66. The number of anilines is 2. The Morgan fingerprint density at radius 1 is 1.22 bits per heavy atom. The Bertz CT molecular complexity index is 941. The Morgan fingerprint density at radius 3 is 2.63 bits per heavy atom. The second-order valence-corrected chi connectivity index (χ2v) is 5.34. The maximum atomic E-state index is 12.2. The van der Waals surface area contributed by atoms with E-state index in [9.17, 15) is 18.0 Å². The maximum absolute atomic E-state index is 12.2. The molecule has 142 valence electrons. The van der Waals surface area contributed by atoms with Crippen LogP contribution < -0.4 is 15.4 Å². The van der Waals surface area contributed by atoms with Crippen LogP contribution in [0, 0.1) is 0 Å². The lowest BCUT2D eigenvalue weighted by Gasteiger charge is -2.10. The number of aromatic amines is 1. The predicted octanol–water partition coefficient (Wildman–Crippen LogP) is 2.32. The van der Waals surface area contributed by atoms with Crippen molar-refractivity contribution in [3.05, 3.63) is 42.4 Å². The summed E-state index contributed by atoms with van der Waals surface area (Å²) in [7, 11) is 0. The molecule has 0 fully saturated rings. The number of aliphatic hydroxyl groups is 1. The first-order chi connectivity index (χ1) is 12.9. The van der Waals surface area contributed by atoms with E-state index >= 15 is 0 Å². The van der Waals surface area contributed by atoms with Gasteiger partial charge in [0.1, 0.15) is 29.2 Å². The van der Waals surface area contributed by atoms with Crippen molar-refractivity contribution in [2.24, 2.45) is 0 Å². The highest BCUT2D eigenvalue weighted by Crippen LogP contribution is 2.27. The van der Waals surface area contributed by atoms with E-state index in [1.807, 2.05) is 0 Å². The van der Waals surface area contributed by atoms with Gasteiger partial charge in [-0.25, -0.2) is 9.97 Å². The molecule has 4 N–H and O–H groups in total. The number of nitrogens with one attached hydrogen (secondary N) is 3. The minimum Gasteiger partial charge on any atom is -0.406 e. The number of H-pyrrole nitrogens is 1. The Morgan fingerprint density at radius 2 is 1.96 bits per heavy atom. The van der Waals surface area contributed by atoms with E-state index in [-0.39, 0.29) is 24.6 Å². The molecule has 1 amide bonds. The van der Waals surface area contributed by atoms with Gasteiger partial charge in [0.15, 0.2) is 0 Å². The van der Waals surface area contributed by atoms with Gasteiger partial charge in [-0.05, 0) is 30.3 Å². The highest BCUT2D eigenvalue weighted by atomic mass is 19.4. The largest absolute Gasteiger partial charge is 0.573 e. The number of aliphatic hydroxyl groups excluding tert-OH is 1. The lowest BCUT2D eigenvalue weighted by molar-refractivity contribution is -0.274. The van der Waals surface area contributed by atoms with Gasteiger partial charge in [-0.2, -0.15) is 0 Å². The van der Waals surface area contributed by atoms with Gasteiger partial charge < -0.3 is 25.5 Å². The van der Waals surface area contributed by atoms with Crippen molar-refractivity contribution in [2.75, 3.05) is 18.5 Å². The summed E-state index contributed by atoms with van der Waals surface area (Å²) in [6.07, 6.45) is -3.48. The monoisotopic (exact) mass is 381 g/mol. The molecule has 0 aliphatic carbocycles. The normalized spacial score (nSPS) is 11.4. The van der Waals surface area contributed by atoms with Crippen LogP contribution in [0.25, 0.3) is 11.0 Å². The number of nitrogens with zero attached hydrogens (tertiary/aromatic N) is 2. The van der Waals surface area contributed by atoms with Crippen molar-refractivity contribution in [1.29, 1.82) is 0 Å². The van der Waals surface area contributed by atoms with Gasteiger partial charge in [0.05, 0.1) is 12.0 Å². The summed E-state index contributed by atoms with van der Waals surface area (Å²) in [5, 5.41) is 14.7. The highest BCUT2D eigenvalue weighted by Gasteiger charge is 2.30. The third-order valence-electron chi connectivity index (χ3n) is 3.42. The fourth-order valence-electron chi connectivity index (χ4n) is 2.30. The number of carbonyl (C=O) groups excluding carboxylic acids is 1. The van der Waals surface area contributed by atoms with E-state index in [0.717, 1.165) is 0 Å². The van der Waals surface area contributed by atoms with Crippen LogP contribution in [0.15, 0.2) is 36.7 Å². The molecule has 0 bridgehead atoms. The maximum Gasteiger partial charge on any atom is 0.573 e. The molecular formula is C16H14F3N5O3. The van der Waals surface area contributed by atoms with Crippen LogP contribution in [-0.2, 0) is 0 Å². The van der Waals surface area contributed by atoms with Gasteiger partial charge in [-0.3, -0.25) is 4.79 Å².